The van der Waals surface area contributed by atoms with Gasteiger partial charge >= 0.3 is 0 Å². The van der Waals surface area contributed by atoms with Crippen molar-refractivity contribution in [2.75, 3.05) is 18.0 Å². The van der Waals surface area contributed by atoms with Gasteiger partial charge in [-0.1, -0.05) is 17.7 Å². The zero-order valence-corrected chi connectivity index (χ0v) is 25.5. The van der Waals surface area contributed by atoms with Crippen molar-refractivity contribution >= 4 is 33.0 Å². The van der Waals surface area contributed by atoms with Crippen LogP contribution in [0.25, 0.3) is 27.9 Å². The van der Waals surface area contributed by atoms with E-state index in [9.17, 15) is 18.1 Å². The lowest BCUT2D eigenvalue weighted by Gasteiger charge is -2.28. The molecule has 13 heteroatoms. The first-order valence-corrected chi connectivity index (χ1v) is 16.0. The number of aryl methyl sites for hydroxylation is 1. The molecule has 0 amide bonds. The number of nitrogens with one attached hydrogen (secondary N) is 1. The van der Waals surface area contributed by atoms with Crippen LogP contribution in [-0.2, 0) is 17.1 Å². The lowest BCUT2D eigenvalue weighted by Crippen LogP contribution is -2.45. The van der Waals surface area contributed by atoms with Gasteiger partial charge in [-0.25, -0.2) is 27.0 Å². The molecule has 5 heterocycles. The zero-order valence-electron chi connectivity index (χ0n) is 23.9. The van der Waals surface area contributed by atoms with Crippen LogP contribution in [0.3, 0.4) is 0 Å². The first kappa shape index (κ1) is 28.5. The fourth-order valence-corrected chi connectivity index (χ4v) is 8.93. The van der Waals surface area contributed by atoms with Crippen LogP contribution >= 0.6 is 11.6 Å². The Bertz CT molecular complexity index is 2030. The van der Waals surface area contributed by atoms with E-state index in [0.717, 1.165) is 47.4 Å². The number of pyridine rings is 2. The third kappa shape index (κ3) is 4.91. The Hall–Kier alpha value is -4.31. The Morgan fingerprint density at radius 1 is 1.11 bits per heavy atom. The Morgan fingerprint density at radius 2 is 1.89 bits per heavy atom. The van der Waals surface area contributed by atoms with Crippen molar-refractivity contribution in [3.8, 4) is 28.5 Å². The summed E-state index contributed by atoms with van der Waals surface area (Å²) >= 11 is 6.06. The van der Waals surface area contributed by atoms with Crippen LogP contribution in [0.1, 0.15) is 25.3 Å². The van der Waals surface area contributed by atoms with E-state index in [-0.39, 0.29) is 16.9 Å². The van der Waals surface area contributed by atoms with Crippen LogP contribution < -0.4 is 9.62 Å². The number of benzene rings is 1. The summed E-state index contributed by atoms with van der Waals surface area (Å²) < 4.78 is 46.8. The molecule has 1 saturated heterocycles. The summed E-state index contributed by atoms with van der Waals surface area (Å²) in [6.07, 6.45) is 8.35. The summed E-state index contributed by atoms with van der Waals surface area (Å²) in [5.41, 5.74) is 3.81. The van der Waals surface area contributed by atoms with Crippen LogP contribution in [0.4, 0.5) is 10.2 Å². The maximum Gasteiger partial charge on any atom is 0.245 e. The highest BCUT2D eigenvalue weighted by Crippen LogP contribution is 2.45. The summed E-state index contributed by atoms with van der Waals surface area (Å²) in [6.45, 7) is 3.34. The number of nitrogens with zero attached hydrogens (tertiary/aromatic N) is 7. The van der Waals surface area contributed by atoms with Crippen molar-refractivity contribution in [3.05, 3.63) is 83.7 Å². The molecule has 10 nitrogen and oxygen atoms in total. The van der Waals surface area contributed by atoms with Crippen molar-refractivity contribution in [2.45, 2.75) is 30.2 Å². The highest BCUT2D eigenvalue weighted by atomic mass is 35.5. The van der Waals surface area contributed by atoms with E-state index in [4.69, 9.17) is 16.6 Å². The van der Waals surface area contributed by atoms with Gasteiger partial charge in [0.05, 0.1) is 28.0 Å². The van der Waals surface area contributed by atoms with Crippen LogP contribution in [0.15, 0.2) is 72.1 Å². The van der Waals surface area contributed by atoms with Gasteiger partial charge in [0.2, 0.25) is 10.0 Å². The van der Waals surface area contributed by atoms with Gasteiger partial charge in [0.1, 0.15) is 22.6 Å². The van der Waals surface area contributed by atoms with E-state index in [1.54, 1.807) is 15.4 Å². The van der Waals surface area contributed by atoms with Gasteiger partial charge in [-0.15, -0.1) is 0 Å². The molecule has 44 heavy (non-hydrogen) atoms. The molecule has 4 aromatic heterocycles. The molecule has 7 rings (SSSR count). The van der Waals surface area contributed by atoms with Crippen molar-refractivity contribution < 1.29 is 12.8 Å². The fraction of sp³-hybridized carbons (Fsp3) is 0.290. The average Bonchev–Trinajstić information content (AvgIpc) is 3.74. The number of hydrogen-bond donors (Lipinski definition) is 1. The van der Waals surface area contributed by atoms with Crippen LogP contribution in [0, 0.1) is 29.0 Å². The first-order valence-electron chi connectivity index (χ1n) is 14.1. The second kappa shape index (κ2) is 10.4. The number of nitriles is 1. The highest BCUT2D eigenvalue weighted by Gasteiger charge is 2.49. The largest absolute Gasteiger partial charge is 0.356 e. The molecule has 0 unspecified atom stereocenters. The van der Waals surface area contributed by atoms with Crippen molar-refractivity contribution in [2.24, 2.45) is 18.9 Å². The molecule has 1 aliphatic carbocycles. The molecule has 0 spiro atoms. The summed E-state index contributed by atoms with van der Waals surface area (Å²) in [5.74, 6) is 0.461. The van der Waals surface area contributed by atoms with E-state index in [2.05, 4.69) is 25.9 Å². The quantitative estimate of drug-likeness (QED) is 0.279. The van der Waals surface area contributed by atoms with Crippen LogP contribution in [-0.4, -0.2) is 51.4 Å². The summed E-state index contributed by atoms with van der Waals surface area (Å²) in [5, 5.41) is 18.5. The number of halogens is 2. The Labute approximate surface area is 258 Å². The van der Waals surface area contributed by atoms with Crippen LogP contribution in [0.2, 0.25) is 5.02 Å². The molecular weight excluding hydrogens is 603 g/mol. The third-order valence-corrected chi connectivity index (χ3v) is 10.8. The van der Waals surface area contributed by atoms with E-state index in [1.807, 2.05) is 56.8 Å². The summed E-state index contributed by atoms with van der Waals surface area (Å²) in [7, 11) is -2.28. The lowest BCUT2D eigenvalue weighted by atomic mass is 10.00. The Balaban J connectivity index is 1.10. The number of fused-ring (bicyclic) bond motifs is 2. The predicted molar refractivity (Wildman–Crippen MR) is 164 cm³/mol. The fourth-order valence-electron chi connectivity index (χ4n) is 6.89. The lowest BCUT2D eigenvalue weighted by molar-refractivity contribution is 0.399. The molecule has 224 valence electrons. The SMILES string of the molecule is Cn1ccc(-c2cc(-c3ccc(N4C[C@@H]5C[C@@](C)(NS(=O)(=O)c6c(F)cccc6Cl)C[C@@H]5C4)nc3)c3c(C#N)cnn3c2)n1. The van der Waals surface area contributed by atoms with E-state index in [1.165, 1.54) is 12.1 Å². The topological polar surface area (TPSA) is 121 Å². The second-order valence-electron chi connectivity index (χ2n) is 11.9. The van der Waals surface area contributed by atoms with Crippen molar-refractivity contribution in [3.63, 3.8) is 0 Å². The third-order valence-electron chi connectivity index (χ3n) is 8.69. The smallest absolute Gasteiger partial charge is 0.245 e. The molecule has 0 radical (unpaired) electrons. The summed E-state index contributed by atoms with van der Waals surface area (Å²) in [6, 6.07) is 14.0. The number of hydrogen-bond acceptors (Lipinski definition) is 7. The molecular formula is C31H28ClFN8O2S. The molecule has 1 aromatic carbocycles. The number of rotatable bonds is 6. The van der Waals surface area contributed by atoms with E-state index in [0.29, 0.717) is 23.9 Å². The maximum atomic E-state index is 14.4. The monoisotopic (exact) mass is 630 g/mol. The van der Waals surface area contributed by atoms with E-state index >= 15 is 0 Å². The van der Waals surface area contributed by atoms with E-state index < -0.39 is 26.3 Å². The predicted octanol–water partition coefficient (Wildman–Crippen LogP) is 5.04. The first-order chi connectivity index (χ1) is 21.0. The minimum Gasteiger partial charge on any atom is -0.356 e. The molecule has 1 N–H and O–H groups in total. The van der Waals surface area contributed by atoms with Gasteiger partial charge in [0.25, 0.3) is 0 Å². The minimum atomic E-state index is -4.14. The average molecular weight is 631 g/mol. The molecule has 5 aromatic rings. The Morgan fingerprint density at radius 3 is 2.52 bits per heavy atom. The van der Waals surface area contributed by atoms with Gasteiger partial charge in [0.15, 0.2) is 0 Å². The number of anilines is 1. The van der Waals surface area contributed by atoms with Gasteiger partial charge in [-0.3, -0.25) is 4.68 Å². The zero-order chi connectivity index (χ0) is 30.8. The molecule has 0 bridgehead atoms. The normalized spacial score (nSPS) is 21.6. The molecule has 1 aliphatic heterocycles. The number of sulfonamides is 1. The molecule has 3 atom stereocenters. The van der Waals surface area contributed by atoms with Crippen molar-refractivity contribution in [1.82, 2.24) is 29.1 Å². The molecule has 2 aliphatic rings. The minimum absolute atomic E-state index is 0.138. The second-order valence-corrected chi connectivity index (χ2v) is 14.0. The molecule has 1 saturated carbocycles. The summed E-state index contributed by atoms with van der Waals surface area (Å²) in [4.78, 5) is 6.51. The Kier molecular flexibility index (Phi) is 6.73. The van der Waals surface area contributed by atoms with Crippen molar-refractivity contribution in [1.29, 1.82) is 5.26 Å². The van der Waals surface area contributed by atoms with Crippen LogP contribution in [0.5, 0.6) is 0 Å². The highest BCUT2D eigenvalue weighted by molar-refractivity contribution is 7.89. The molecule has 2 fully saturated rings. The van der Waals surface area contributed by atoms with Gasteiger partial charge in [-0.2, -0.15) is 15.5 Å². The number of aromatic nitrogens is 5. The van der Waals surface area contributed by atoms with Gasteiger partial charge in [-0.05, 0) is 68.0 Å². The van der Waals surface area contributed by atoms with Gasteiger partial charge < -0.3 is 4.90 Å². The maximum absolute atomic E-state index is 14.4. The standard InChI is InChI=1S/C31H28ClFN8O2S/c1-31(38-44(42,43)30-25(32)4-3-5-26(30)33)11-21-16-40(17-22(21)12-31)28-7-6-19(14-35-28)24-10-20(27-8-9-39(2)37-27)18-41-29(24)23(13-34)15-36-41/h3-10,14-15,18,21-22,38H,11-12,16-17H2,1-2H3/t21-,22+,31+. The van der Waals surface area contributed by atoms with Gasteiger partial charge in [0, 0.05) is 61.0 Å².